The number of esters is 1. The summed E-state index contributed by atoms with van der Waals surface area (Å²) in [7, 11) is 0. The molecule has 0 saturated carbocycles. The summed E-state index contributed by atoms with van der Waals surface area (Å²) in [6, 6.07) is 10.0. The number of unbranched alkanes of at least 4 members (excludes halogenated alkanes) is 9. The highest BCUT2D eigenvalue weighted by Crippen LogP contribution is 2.10. The van der Waals surface area contributed by atoms with E-state index in [4.69, 9.17) is 9.84 Å². The Bertz CT molecular complexity index is 605. The van der Waals surface area contributed by atoms with Gasteiger partial charge in [0.2, 0.25) is 0 Å². The number of ether oxygens (including phenoxy) is 1. The third-order valence-corrected chi connectivity index (χ3v) is 4.29. The van der Waals surface area contributed by atoms with E-state index in [0.717, 1.165) is 12.5 Å². The number of hydrogen-bond donors (Lipinski definition) is 1. The summed E-state index contributed by atoms with van der Waals surface area (Å²) in [4.78, 5) is 20.3. The van der Waals surface area contributed by atoms with Crippen molar-refractivity contribution < 1.29 is 19.4 Å². The molecule has 1 N–H and O–H groups in total. The Balaban J connectivity index is 0. The van der Waals surface area contributed by atoms with Crippen molar-refractivity contribution in [3.8, 4) is 0 Å². The van der Waals surface area contributed by atoms with Gasteiger partial charge in [0.15, 0.2) is 0 Å². The van der Waals surface area contributed by atoms with Crippen LogP contribution in [0, 0.1) is 0 Å². The topological polar surface area (TPSA) is 63.6 Å². The van der Waals surface area contributed by atoms with Crippen molar-refractivity contribution in [1.29, 1.82) is 0 Å². The average Bonchev–Trinajstić information content (AvgIpc) is 2.78. The summed E-state index contributed by atoms with van der Waals surface area (Å²) in [5.41, 5.74) is 1.66. The van der Waals surface area contributed by atoms with E-state index in [1.165, 1.54) is 63.4 Å². The molecule has 0 aliphatic carbocycles. The van der Waals surface area contributed by atoms with E-state index < -0.39 is 5.97 Å². The molecule has 31 heavy (non-hydrogen) atoms. The number of rotatable bonds is 14. The molecule has 0 bridgehead atoms. The van der Waals surface area contributed by atoms with E-state index in [1.807, 2.05) is 36.4 Å². The Morgan fingerprint density at radius 3 is 1.71 bits per heavy atom. The molecule has 0 saturated heterocycles. The number of carboxylic acid groups (broad SMARTS) is 1. The largest absolute Gasteiger partial charge is 0.478 e. The molecule has 1 rings (SSSR count). The van der Waals surface area contributed by atoms with Gasteiger partial charge < -0.3 is 9.84 Å². The molecule has 0 unspecified atom stereocenters. The van der Waals surface area contributed by atoms with Crippen molar-refractivity contribution in [3.05, 3.63) is 67.3 Å². The number of carbonyl (C=O) groups excluding carboxylic acids is 1. The van der Waals surface area contributed by atoms with Gasteiger partial charge in [0.25, 0.3) is 0 Å². The van der Waals surface area contributed by atoms with Crippen LogP contribution >= 0.6 is 0 Å². The van der Waals surface area contributed by atoms with Crippen molar-refractivity contribution >= 4 is 18.0 Å². The highest BCUT2D eigenvalue weighted by Gasteiger charge is 2.01. The third kappa shape index (κ3) is 25.3. The van der Waals surface area contributed by atoms with Gasteiger partial charge in [0.1, 0.15) is 0 Å². The minimum absolute atomic E-state index is 0.258. The number of hydrogen-bond acceptors (Lipinski definition) is 3. The molecular formula is C27H42O4. The van der Waals surface area contributed by atoms with Crippen LogP contribution in [0.15, 0.2) is 61.7 Å². The summed E-state index contributed by atoms with van der Waals surface area (Å²) in [5.74, 6) is -1.24. The Morgan fingerprint density at radius 1 is 0.903 bits per heavy atom. The molecule has 1 aromatic carbocycles. The average molecular weight is 431 g/mol. The normalized spacial score (nSPS) is 9.23. The molecule has 0 amide bonds. The quantitative estimate of drug-likeness (QED) is 0.187. The first-order valence-electron chi connectivity index (χ1n) is 11.2. The maximum Gasteiger partial charge on any atom is 0.333 e. The van der Waals surface area contributed by atoms with E-state index >= 15 is 0 Å². The van der Waals surface area contributed by atoms with Crippen LogP contribution in [0.4, 0.5) is 0 Å². The van der Waals surface area contributed by atoms with Crippen molar-refractivity contribution in [2.75, 3.05) is 6.61 Å². The van der Waals surface area contributed by atoms with Gasteiger partial charge >= 0.3 is 11.9 Å². The maximum absolute atomic E-state index is 11.1. The van der Waals surface area contributed by atoms with Crippen LogP contribution in [-0.2, 0) is 14.3 Å². The lowest BCUT2D eigenvalue weighted by Gasteiger charge is -2.04. The lowest BCUT2D eigenvalue weighted by molar-refractivity contribution is -0.139. The Hall–Kier alpha value is -2.62. The van der Waals surface area contributed by atoms with Gasteiger partial charge in [0, 0.05) is 11.6 Å². The van der Waals surface area contributed by atoms with Gasteiger partial charge in [-0.3, -0.25) is 0 Å². The molecule has 0 aliphatic rings. The molecular weight excluding hydrogens is 388 g/mol. The molecule has 0 aliphatic heterocycles. The lowest BCUT2D eigenvalue weighted by atomic mass is 10.1. The molecule has 0 heterocycles. The fourth-order valence-corrected chi connectivity index (χ4v) is 2.47. The van der Waals surface area contributed by atoms with E-state index in [0.29, 0.717) is 12.2 Å². The monoisotopic (exact) mass is 430 g/mol. The maximum atomic E-state index is 11.1. The second-order valence-electron chi connectivity index (χ2n) is 7.26. The van der Waals surface area contributed by atoms with Crippen LogP contribution in [0.5, 0.6) is 0 Å². The molecule has 0 aromatic heterocycles. The zero-order chi connectivity index (χ0) is 23.7. The molecule has 174 valence electrons. The van der Waals surface area contributed by atoms with Crippen LogP contribution in [0.1, 0.15) is 83.6 Å². The fourth-order valence-electron chi connectivity index (χ4n) is 2.47. The van der Waals surface area contributed by atoms with Gasteiger partial charge in [-0.05, 0) is 18.9 Å². The Morgan fingerprint density at radius 2 is 1.35 bits per heavy atom. The number of benzene rings is 1. The fraction of sp³-hybridized carbons (Fsp3) is 0.481. The number of carboxylic acids is 1. The highest BCUT2D eigenvalue weighted by molar-refractivity contribution is 5.86. The van der Waals surface area contributed by atoms with Crippen molar-refractivity contribution in [2.24, 2.45) is 0 Å². The van der Waals surface area contributed by atoms with E-state index in [9.17, 15) is 9.59 Å². The summed E-state index contributed by atoms with van der Waals surface area (Å²) in [5, 5.41) is 7.60. The van der Waals surface area contributed by atoms with E-state index in [-0.39, 0.29) is 5.97 Å². The molecule has 1 aromatic rings. The molecule has 0 radical (unpaired) electrons. The summed E-state index contributed by atoms with van der Waals surface area (Å²) >= 11 is 0. The van der Waals surface area contributed by atoms with Crippen LogP contribution < -0.4 is 0 Å². The smallest absolute Gasteiger partial charge is 0.333 e. The Kier molecular flexibility index (Phi) is 23.3. The molecule has 0 atom stereocenters. The van der Waals surface area contributed by atoms with Gasteiger partial charge in [-0.2, -0.15) is 0 Å². The van der Waals surface area contributed by atoms with E-state index in [2.05, 4.69) is 26.7 Å². The third-order valence-electron chi connectivity index (χ3n) is 4.29. The molecule has 4 nitrogen and oxygen atoms in total. The first-order chi connectivity index (χ1) is 14.9. The van der Waals surface area contributed by atoms with Crippen LogP contribution in [0.3, 0.4) is 0 Å². The minimum atomic E-state index is -0.981. The molecule has 4 heteroatoms. The number of aliphatic carboxylic acids is 1. The predicted molar refractivity (Wildman–Crippen MR) is 132 cm³/mol. The van der Waals surface area contributed by atoms with E-state index in [1.54, 1.807) is 6.92 Å². The highest BCUT2D eigenvalue weighted by atomic mass is 16.5. The van der Waals surface area contributed by atoms with Crippen LogP contribution in [0.25, 0.3) is 6.08 Å². The predicted octanol–water partition coefficient (Wildman–Crippen LogP) is 7.61. The summed E-state index contributed by atoms with van der Waals surface area (Å²) < 4.78 is 5.04. The standard InChI is InChI=1S/C16H30O2.C8H8.C3H4O2/c1-4-5-6-7-8-9-10-11-12-13-14-18-16(17)15(2)3;1-2-8-6-4-3-5-7-8;1-2-3(4)5/h2,4-14H2,1,3H3;2-7H,1H2;2H,1H2,(H,4,5). The first kappa shape index (κ1) is 30.6. The zero-order valence-corrected chi connectivity index (χ0v) is 19.6. The lowest BCUT2D eigenvalue weighted by Crippen LogP contribution is -2.05. The number of carbonyl (C=O) groups is 2. The summed E-state index contributed by atoms with van der Waals surface area (Å²) in [6.45, 7) is 14.6. The molecule has 0 fully saturated rings. The zero-order valence-electron chi connectivity index (χ0n) is 19.6. The second kappa shape index (κ2) is 23.7. The van der Waals surface area contributed by atoms with Gasteiger partial charge in [-0.25, -0.2) is 9.59 Å². The SMILES string of the molecule is C=C(C)C(=O)OCCCCCCCCCCCC.C=CC(=O)O.C=Cc1ccccc1. The molecule has 0 spiro atoms. The van der Waals surface area contributed by atoms with Crippen LogP contribution in [-0.4, -0.2) is 23.7 Å². The Labute approximate surface area is 189 Å². The van der Waals surface area contributed by atoms with Gasteiger partial charge in [0.05, 0.1) is 6.61 Å². The van der Waals surface area contributed by atoms with Crippen LogP contribution in [0.2, 0.25) is 0 Å². The van der Waals surface area contributed by atoms with Gasteiger partial charge in [-0.1, -0.05) is 121 Å². The van der Waals surface area contributed by atoms with Gasteiger partial charge in [-0.15, -0.1) is 0 Å². The summed E-state index contributed by atoms with van der Waals surface area (Å²) in [6.07, 6.45) is 15.6. The first-order valence-corrected chi connectivity index (χ1v) is 11.2. The second-order valence-corrected chi connectivity index (χ2v) is 7.26. The van der Waals surface area contributed by atoms with Crippen molar-refractivity contribution in [2.45, 2.75) is 78.1 Å². The van der Waals surface area contributed by atoms with Crippen molar-refractivity contribution in [1.82, 2.24) is 0 Å². The minimum Gasteiger partial charge on any atom is -0.478 e. The van der Waals surface area contributed by atoms with Crippen molar-refractivity contribution in [3.63, 3.8) is 0 Å².